The van der Waals surface area contributed by atoms with Crippen LogP contribution in [0.5, 0.6) is 0 Å². The number of halogens is 1. The zero-order valence-electron chi connectivity index (χ0n) is 23.1. The Morgan fingerprint density at radius 1 is 0.683 bits per heavy atom. The monoisotopic (exact) mass is 565 g/mol. The lowest BCUT2D eigenvalue weighted by Gasteiger charge is -2.15. The molecule has 2 heterocycles. The highest BCUT2D eigenvalue weighted by molar-refractivity contribution is 6.29. The molecule has 5 rings (SSSR count). The molecule has 0 saturated heterocycles. The summed E-state index contributed by atoms with van der Waals surface area (Å²) in [4.78, 5) is 28.1. The van der Waals surface area contributed by atoms with Crippen LogP contribution in [0.3, 0.4) is 0 Å². The maximum atomic E-state index is 11.1. The van der Waals surface area contributed by atoms with E-state index in [4.69, 9.17) is 11.6 Å². The van der Waals surface area contributed by atoms with Crippen LogP contribution in [-0.4, -0.2) is 25.8 Å². The van der Waals surface area contributed by atoms with Crippen molar-refractivity contribution >= 4 is 34.8 Å². The molecule has 0 bridgehead atoms. The maximum Gasteiger partial charge on any atom is 0.221 e. The number of rotatable bonds is 8. The van der Waals surface area contributed by atoms with E-state index in [-0.39, 0.29) is 18.0 Å². The number of anilines is 3. The summed E-state index contributed by atoms with van der Waals surface area (Å²) in [7, 11) is 0. The Hall–Kier alpha value is -4.82. The minimum Gasteiger partial charge on any atom is -0.362 e. The molecule has 0 aliphatic heterocycles. The van der Waals surface area contributed by atoms with Gasteiger partial charge in [-0.1, -0.05) is 84.4 Å². The van der Waals surface area contributed by atoms with E-state index in [1.165, 1.54) is 24.2 Å². The van der Waals surface area contributed by atoms with Gasteiger partial charge in [0.15, 0.2) is 0 Å². The molecule has 0 aliphatic carbocycles. The second kappa shape index (κ2) is 14.5. The third-order valence-electron chi connectivity index (χ3n) is 6.07. The number of nitrogens with one attached hydrogen (secondary N) is 3. The molecule has 9 heteroatoms. The largest absolute Gasteiger partial charge is 0.362 e. The number of carbonyl (C=O) groups is 1. The summed E-state index contributed by atoms with van der Waals surface area (Å²) in [5.74, 6) is 1.32. The molecule has 2 aromatic heterocycles. The molecule has 5 aromatic rings. The highest BCUT2D eigenvalue weighted by atomic mass is 35.5. The van der Waals surface area contributed by atoms with E-state index in [1.807, 2.05) is 60.7 Å². The Labute approximate surface area is 245 Å². The molecule has 8 nitrogen and oxygen atoms in total. The number of amides is 1. The third kappa shape index (κ3) is 9.12. The van der Waals surface area contributed by atoms with Crippen LogP contribution in [0.1, 0.15) is 44.0 Å². The smallest absolute Gasteiger partial charge is 0.221 e. The van der Waals surface area contributed by atoms with Gasteiger partial charge in [-0.2, -0.15) is 0 Å². The Balaban J connectivity index is 0.000000208. The SMILES string of the molecule is CC(=O)Nc1ccc(-c2cncc(N[C@H](C)c3ccccc3)n2)cc1.C[C@@H](Nc1cncc(Cl)n1)c1ccccc1. The van der Waals surface area contributed by atoms with Gasteiger partial charge in [-0.25, -0.2) is 9.97 Å². The molecule has 0 radical (unpaired) electrons. The molecular weight excluding hydrogens is 534 g/mol. The van der Waals surface area contributed by atoms with E-state index in [9.17, 15) is 4.79 Å². The Morgan fingerprint density at radius 3 is 1.71 bits per heavy atom. The van der Waals surface area contributed by atoms with Crippen molar-refractivity contribution in [2.75, 3.05) is 16.0 Å². The third-order valence-corrected chi connectivity index (χ3v) is 6.25. The van der Waals surface area contributed by atoms with E-state index in [2.05, 4.69) is 74.0 Å². The summed E-state index contributed by atoms with van der Waals surface area (Å²) in [6.45, 7) is 5.65. The van der Waals surface area contributed by atoms with E-state index >= 15 is 0 Å². The van der Waals surface area contributed by atoms with E-state index < -0.39 is 0 Å². The van der Waals surface area contributed by atoms with Crippen LogP contribution in [0.25, 0.3) is 11.3 Å². The van der Waals surface area contributed by atoms with Crippen molar-refractivity contribution in [1.29, 1.82) is 0 Å². The fourth-order valence-corrected chi connectivity index (χ4v) is 4.16. The molecule has 208 valence electrons. The number of aromatic nitrogens is 4. The number of hydrogen-bond donors (Lipinski definition) is 3. The van der Waals surface area contributed by atoms with Crippen molar-refractivity contribution in [2.24, 2.45) is 0 Å². The van der Waals surface area contributed by atoms with Crippen LogP contribution in [0.15, 0.2) is 110 Å². The first kappa shape index (κ1) is 29.2. The molecule has 1 amide bonds. The van der Waals surface area contributed by atoms with E-state index in [1.54, 1.807) is 18.6 Å². The molecule has 0 saturated carbocycles. The van der Waals surface area contributed by atoms with Crippen LogP contribution in [0, 0.1) is 0 Å². The second-order valence-corrected chi connectivity index (χ2v) is 9.72. The predicted molar refractivity (Wildman–Crippen MR) is 166 cm³/mol. The van der Waals surface area contributed by atoms with Crippen LogP contribution in [0.2, 0.25) is 5.15 Å². The first-order valence-corrected chi connectivity index (χ1v) is 13.6. The Morgan fingerprint density at radius 2 is 1.20 bits per heavy atom. The first-order chi connectivity index (χ1) is 19.9. The highest BCUT2D eigenvalue weighted by Crippen LogP contribution is 2.22. The van der Waals surface area contributed by atoms with Gasteiger partial charge in [-0.3, -0.25) is 14.8 Å². The van der Waals surface area contributed by atoms with Crippen LogP contribution < -0.4 is 16.0 Å². The maximum absolute atomic E-state index is 11.1. The lowest BCUT2D eigenvalue weighted by molar-refractivity contribution is -0.114. The number of hydrogen-bond acceptors (Lipinski definition) is 7. The van der Waals surface area contributed by atoms with Gasteiger partial charge in [0, 0.05) is 30.3 Å². The minimum absolute atomic E-state index is 0.0892. The van der Waals surface area contributed by atoms with Crippen LogP contribution in [-0.2, 0) is 4.79 Å². The molecule has 0 aliphatic rings. The summed E-state index contributed by atoms with van der Waals surface area (Å²) < 4.78 is 0. The van der Waals surface area contributed by atoms with Crippen LogP contribution >= 0.6 is 11.6 Å². The van der Waals surface area contributed by atoms with Gasteiger partial charge in [0.2, 0.25) is 5.91 Å². The molecule has 3 N–H and O–H groups in total. The molecule has 0 spiro atoms. The van der Waals surface area contributed by atoms with Gasteiger partial charge in [0.05, 0.1) is 30.5 Å². The topological polar surface area (TPSA) is 105 Å². The predicted octanol–water partition coefficient (Wildman–Crippen LogP) is 7.58. The van der Waals surface area contributed by atoms with Crippen molar-refractivity contribution in [3.8, 4) is 11.3 Å². The quantitative estimate of drug-likeness (QED) is 0.178. The van der Waals surface area contributed by atoms with Crippen molar-refractivity contribution < 1.29 is 4.79 Å². The van der Waals surface area contributed by atoms with Gasteiger partial charge in [-0.15, -0.1) is 0 Å². The summed E-state index contributed by atoms with van der Waals surface area (Å²) in [5, 5.41) is 9.76. The number of carbonyl (C=O) groups excluding carboxylic acids is 1. The zero-order valence-corrected chi connectivity index (χ0v) is 23.9. The zero-order chi connectivity index (χ0) is 29.0. The fourth-order valence-electron chi connectivity index (χ4n) is 4.01. The summed E-state index contributed by atoms with van der Waals surface area (Å²) in [6, 6.07) is 28.2. The highest BCUT2D eigenvalue weighted by Gasteiger charge is 2.08. The van der Waals surface area contributed by atoms with E-state index in [0.717, 1.165) is 22.8 Å². The van der Waals surface area contributed by atoms with Gasteiger partial charge in [0.25, 0.3) is 0 Å². The fraction of sp³-hybridized carbons (Fsp3) is 0.156. The van der Waals surface area contributed by atoms with Crippen molar-refractivity contribution in [3.63, 3.8) is 0 Å². The molecule has 0 unspecified atom stereocenters. The average molecular weight is 566 g/mol. The van der Waals surface area contributed by atoms with Crippen molar-refractivity contribution in [1.82, 2.24) is 19.9 Å². The average Bonchev–Trinajstić information content (AvgIpc) is 2.99. The number of nitrogens with zero attached hydrogens (tertiary/aromatic N) is 4. The minimum atomic E-state index is -0.0892. The standard InChI is InChI=1S/C20H20N4O.C12H12ClN3/c1-14(16-6-4-3-5-7-16)22-20-13-21-12-19(24-20)17-8-10-18(11-9-17)23-15(2)25;1-9(10-5-3-2-4-6-10)15-12-8-14-7-11(13)16-12/h3-14H,1-2H3,(H,22,24)(H,23,25);2-9H,1H3,(H,15,16)/t14-;9-/m11/s1. The van der Waals surface area contributed by atoms with Gasteiger partial charge >= 0.3 is 0 Å². The molecule has 41 heavy (non-hydrogen) atoms. The molecule has 2 atom stereocenters. The first-order valence-electron chi connectivity index (χ1n) is 13.2. The molecule has 0 fully saturated rings. The lowest BCUT2D eigenvalue weighted by atomic mass is 10.1. The van der Waals surface area contributed by atoms with Crippen LogP contribution in [0.4, 0.5) is 17.3 Å². The Bertz CT molecular complexity index is 1530. The molecular formula is C32H32ClN7O. The van der Waals surface area contributed by atoms with Gasteiger partial charge < -0.3 is 16.0 Å². The van der Waals surface area contributed by atoms with Gasteiger partial charge in [0.1, 0.15) is 16.8 Å². The second-order valence-electron chi connectivity index (χ2n) is 9.33. The summed E-state index contributed by atoms with van der Waals surface area (Å²) >= 11 is 5.76. The summed E-state index contributed by atoms with van der Waals surface area (Å²) in [6.07, 6.45) is 6.62. The lowest BCUT2D eigenvalue weighted by Crippen LogP contribution is -2.08. The summed E-state index contributed by atoms with van der Waals surface area (Å²) in [5.41, 5.74) is 4.87. The number of benzene rings is 3. The Kier molecular flexibility index (Phi) is 10.3. The van der Waals surface area contributed by atoms with Crippen molar-refractivity contribution in [3.05, 3.63) is 126 Å². The van der Waals surface area contributed by atoms with Gasteiger partial charge in [-0.05, 0) is 37.1 Å². The van der Waals surface area contributed by atoms with Crippen molar-refractivity contribution in [2.45, 2.75) is 32.9 Å². The normalized spacial score (nSPS) is 11.8. The molecule has 3 aromatic carbocycles. The van der Waals surface area contributed by atoms with E-state index in [0.29, 0.717) is 11.0 Å².